The van der Waals surface area contributed by atoms with Crippen molar-refractivity contribution in [1.29, 1.82) is 0 Å². The lowest BCUT2D eigenvalue weighted by molar-refractivity contribution is -0.116. The monoisotopic (exact) mass is 506 g/mol. The maximum atomic E-state index is 12.7. The first kappa shape index (κ1) is 24.6. The van der Waals surface area contributed by atoms with Crippen LogP contribution in [0.3, 0.4) is 0 Å². The molecule has 11 heteroatoms. The molecule has 0 atom stereocenters. The first-order valence-electron chi connectivity index (χ1n) is 9.79. The average molecular weight is 507 g/mol. The van der Waals surface area contributed by atoms with Crippen LogP contribution in [0.4, 0.5) is 5.69 Å². The molecule has 3 rings (SSSR count). The number of aromatic nitrogens is 2. The minimum atomic E-state index is -3.99. The van der Waals surface area contributed by atoms with Gasteiger partial charge in [-0.15, -0.1) is 0 Å². The summed E-state index contributed by atoms with van der Waals surface area (Å²) < 4.78 is 25.5. The summed E-state index contributed by atoms with van der Waals surface area (Å²) in [4.78, 5) is 32.2. The topological polar surface area (TPSA) is 118 Å². The van der Waals surface area contributed by atoms with Gasteiger partial charge in [-0.25, -0.2) is 18.4 Å². The van der Waals surface area contributed by atoms with Crippen LogP contribution in [0.15, 0.2) is 59.9 Å². The Morgan fingerprint density at radius 1 is 1.00 bits per heavy atom. The lowest BCUT2D eigenvalue weighted by Crippen LogP contribution is -2.29. The molecule has 0 spiro atoms. The van der Waals surface area contributed by atoms with Gasteiger partial charge in [0.15, 0.2) is 5.69 Å². The van der Waals surface area contributed by atoms with E-state index in [0.717, 1.165) is 11.8 Å². The maximum absolute atomic E-state index is 12.7. The van der Waals surface area contributed by atoms with Gasteiger partial charge in [0.2, 0.25) is 20.9 Å². The Balaban J connectivity index is 1.63. The second kappa shape index (κ2) is 10.7. The zero-order chi connectivity index (χ0) is 24.0. The molecule has 1 heterocycles. The molecule has 0 saturated heterocycles. The normalized spacial score (nSPS) is 11.1. The molecule has 2 aromatic carbocycles. The van der Waals surface area contributed by atoms with E-state index in [1.54, 1.807) is 36.4 Å². The van der Waals surface area contributed by atoms with Gasteiger partial charge in [-0.1, -0.05) is 59.1 Å². The Labute approximate surface area is 201 Å². The zero-order valence-electron chi connectivity index (χ0n) is 17.5. The average Bonchev–Trinajstić information content (AvgIpc) is 2.77. The van der Waals surface area contributed by atoms with Crippen LogP contribution >= 0.6 is 23.2 Å². The highest BCUT2D eigenvalue weighted by atomic mass is 35.5. The number of rotatable bonds is 8. The SMILES string of the molecule is Cc1ccc(NC(=O)CCNC(=O)c2nc(S(=O)(=O)Cc3ccccc3Cl)ncc2Cl)cc1. The van der Waals surface area contributed by atoms with Crippen molar-refractivity contribution in [3.8, 4) is 0 Å². The number of hydrogen-bond donors (Lipinski definition) is 2. The van der Waals surface area contributed by atoms with Crippen LogP contribution in [-0.2, 0) is 20.4 Å². The summed E-state index contributed by atoms with van der Waals surface area (Å²) in [5, 5.41) is 4.86. The number of amides is 2. The van der Waals surface area contributed by atoms with Gasteiger partial charge in [0, 0.05) is 23.7 Å². The van der Waals surface area contributed by atoms with Gasteiger partial charge in [0.05, 0.1) is 17.0 Å². The van der Waals surface area contributed by atoms with Crippen molar-refractivity contribution in [1.82, 2.24) is 15.3 Å². The molecule has 172 valence electrons. The van der Waals surface area contributed by atoms with E-state index in [-0.39, 0.29) is 34.6 Å². The number of carbonyl (C=O) groups is 2. The molecule has 33 heavy (non-hydrogen) atoms. The van der Waals surface area contributed by atoms with E-state index in [9.17, 15) is 18.0 Å². The number of carbonyl (C=O) groups excluding carboxylic acids is 2. The fraction of sp³-hybridized carbons (Fsp3) is 0.182. The Morgan fingerprint density at radius 3 is 2.39 bits per heavy atom. The van der Waals surface area contributed by atoms with Gasteiger partial charge in [-0.2, -0.15) is 0 Å². The van der Waals surface area contributed by atoms with Gasteiger partial charge in [0.25, 0.3) is 5.91 Å². The Bertz CT molecular complexity index is 1280. The molecule has 1 aromatic heterocycles. The van der Waals surface area contributed by atoms with E-state index < -0.39 is 26.7 Å². The minimum absolute atomic E-state index is 0.0000188. The lowest BCUT2D eigenvalue weighted by Gasteiger charge is -2.09. The van der Waals surface area contributed by atoms with Crippen LogP contribution in [0.25, 0.3) is 0 Å². The van der Waals surface area contributed by atoms with Gasteiger partial charge in [-0.3, -0.25) is 9.59 Å². The fourth-order valence-corrected chi connectivity index (χ4v) is 4.47. The number of nitrogens with one attached hydrogen (secondary N) is 2. The Kier molecular flexibility index (Phi) is 8.01. The molecule has 0 unspecified atom stereocenters. The summed E-state index contributed by atoms with van der Waals surface area (Å²) in [5.74, 6) is -1.45. The predicted molar refractivity (Wildman–Crippen MR) is 126 cm³/mol. The van der Waals surface area contributed by atoms with Gasteiger partial charge in [0.1, 0.15) is 0 Å². The van der Waals surface area contributed by atoms with Crippen LogP contribution in [0.2, 0.25) is 10.0 Å². The van der Waals surface area contributed by atoms with Gasteiger partial charge >= 0.3 is 0 Å². The smallest absolute Gasteiger partial charge is 0.271 e. The van der Waals surface area contributed by atoms with Crippen molar-refractivity contribution in [2.45, 2.75) is 24.3 Å². The van der Waals surface area contributed by atoms with Crippen molar-refractivity contribution in [2.24, 2.45) is 0 Å². The third-order valence-corrected chi connectivity index (χ3v) is 6.58. The van der Waals surface area contributed by atoms with Crippen LogP contribution in [0, 0.1) is 6.92 Å². The molecule has 0 saturated carbocycles. The third-order valence-electron chi connectivity index (χ3n) is 4.49. The number of anilines is 1. The second-order valence-electron chi connectivity index (χ2n) is 7.12. The van der Waals surface area contributed by atoms with Crippen LogP contribution < -0.4 is 10.6 Å². The van der Waals surface area contributed by atoms with Gasteiger partial charge < -0.3 is 10.6 Å². The molecular weight excluding hydrogens is 487 g/mol. The summed E-state index contributed by atoms with van der Waals surface area (Å²) in [6.45, 7) is 1.94. The van der Waals surface area contributed by atoms with E-state index in [2.05, 4.69) is 20.6 Å². The van der Waals surface area contributed by atoms with E-state index in [0.29, 0.717) is 11.3 Å². The zero-order valence-corrected chi connectivity index (χ0v) is 19.8. The first-order chi connectivity index (χ1) is 15.7. The number of halogens is 2. The van der Waals surface area contributed by atoms with Crippen LogP contribution in [0.1, 0.15) is 28.0 Å². The van der Waals surface area contributed by atoms with Crippen LogP contribution in [0.5, 0.6) is 0 Å². The molecular formula is C22H20Cl2N4O4S. The summed E-state index contributed by atoms with van der Waals surface area (Å²) in [6, 6.07) is 13.8. The molecule has 0 radical (unpaired) electrons. The summed E-state index contributed by atoms with van der Waals surface area (Å²) in [6.07, 6.45) is 1.05. The van der Waals surface area contributed by atoms with Crippen molar-refractivity contribution in [2.75, 3.05) is 11.9 Å². The van der Waals surface area contributed by atoms with E-state index >= 15 is 0 Å². The van der Waals surface area contributed by atoms with E-state index in [4.69, 9.17) is 23.2 Å². The predicted octanol–water partition coefficient (Wildman–Crippen LogP) is 3.82. The molecule has 0 bridgehead atoms. The fourth-order valence-electron chi connectivity index (χ4n) is 2.78. The van der Waals surface area contributed by atoms with Crippen molar-refractivity contribution in [3.63, 3.8) is 0 Å². The Morgan fingerprint density at radius 2 is 1.70 bits per heavy atom. The largest absolute Gasteiger partial charge is 0.350 e. The molecule has 0 fully saturated rings. The molecule has 2 amide bonds. The lowest BCUT2D eigenvalue weighted by atomic mass is 10.2. The van der Waals surface area contributed by atoms with Crippen LogP contribution in [-0.4, -0.2) is 36.7 Å². The maximum Gasteiger partial charge on any atom is 0.271 e. The molecule has 3 aromatic rings. The summed E-state index contributed by atoms with van der Waals surface area (Å²) in [5.41, 5.74) is 1.78. The molecule has 0 aliphatic heterocycles. The first-order valence-corrected chi connectivity index (χ1v) is 12.2. The number of sulfone groups is 1. The Hall–Kier alpha value is -3.01. The molecule has 2 N–H and O–H groups in total. The third kappa shape index (κ3) is 6.74. The highest BCUT2D eigenvalue weighted by molar-refractivity contribution is 7.90. The number of aryl methyl sites for hydroxylation is 1. The minimum Gasteiger partial charge on any atom is -0.350 e. The van der Waals surface area contributed by atoms with Crippen molar-refractivity contribution >= 4 is 50.5 Å². The quantitative estimate of drug-likeness (QED) is 0.448. The second-order valence-corrected chi connectivity index (χ2v) is 9.82. The van der Waals surface area contributed by atoms with E-state index in [1.807, 2.05) is 19.1 Å². The molecule has 0 aliphatic carbocycles. The van der Waals surface area contributed by atoms with E-state index in [1.165, 1.54) is 0 Å². The standard InChI is InChI=1S/C22H20Cl2N4O4S/c1-14-6-8-16(9-7-14)27-19(29)10-11-25-21(30)20-18(24)12-26-22(28-20)33(31,32)13-15-4-2-3-5-17(15)23/h2-9,12H,10-11,13H2,1H3,(H,25,30)(H,27,29). The van der Waals surface area contributed by atoms with Gasteiger partial charge in [-0.05, 0) is 30.7 Å². The molecule has 0 aliphatic rings. The number of nitrogens with zero attached hydrogens (tertiary/aromatic N) is 2. The summed E-state index contributed by atoms with van der Waals surface area (Å²) in [7, 11) is -3.99. The van der Waals surface area contributed by atoms with Crippen molar-refractivity contribution in [3.05, 3.63) is 81.6 Å². The number of hydrogen-bond acceptors (Lipinski definition) is 6. The summed E-state index contributed by atoms with van der Waals surface area (Å²) >= 11 is 12.0. The number of benzene rings is 2. The highest BCUT2D eigenvalue weighted by Gasteiger charge is 2.23. The van der Waals surface area contributed by atoms with Crippen molar-refractivity contribution < 1.29 is 18.0 Å². The highest BCUT2D eigenvalue weighted by Crippen LogP contribution is 2.22. The molecule has 8 nitrogen and oxygen atoms in total.